The molecule has 1 aromatic heterocycles. The summed E-state index contributed by atoms with van der Waals surface area (Å²) in [5.74, 6) is 0.0219. The first-order valence-electron chi connectivity index (χ1n) is 7.61. The van der Waals surface area contributed by atoms with Crippen molar-refractivity contribution >= 4 is 47.2 Å². The van der Waals surface area contributed by atoms with E-state index < -0.39 is 0 Å². The number of amides is 2. The van der Waals surface area contributed by atoms with Gasteiger partial charge in [0.05, 0.1) is 15.7 Å². The molecule has 9 heteroatoms. The van der Waals surface area contributed by atoms with Crippen LogP contribution in [0.1, 0.15) is 10.5 Å². The summed E-state index contributed by atoms with van der Waals surface area (Å²) in [5.41, 5.74) is 0.746. The maximum absolute atomic E-state index is 12.6. The van der Waals surface area contributed by atoms with Gasteiger partial charge in [0.2, 0.25) is 12.4 Å². The zero-order chi connectivity index (χ0) is 17.8. The van der Waals surface area contributed by atoms with Crippen LogP contribution < -0.4 is 5.32 Å². The predicted octanol–water partition coefficient (Wildman–Crippen LogP) is 2.44. The highest BCUT2D eigenvalue weighted by molar-refractivity contribution is 6.39. The fraction of sp³-hybridized carbons (Fsp3) is 0.250. The van der Waals surface area contributed by atoms with Crippen LogP contribution in [0.5, 0.6) is 0 Å². The minimum absolute atomic E-state index is 0.207. The first-order valence-corrected chi connectivity index (χ1v) is 8.37. The van der Waals surface area contributed by atoms with Crippen molar-refractivity contribution in [3.8, 4) is 0 Å². The number of nitrogens with one attached hydrogen (secondary N) is 1. The van der Waals surface area contributed by atoms with Crippen LogP contribution in [0.15, 0.2) is 30.5 Å². The Balaban J connectivity index is 1.75. The van der Waals surface area contributed by atoms with Crippen molar-refractivity contribution in [1.29, 1.82) is 0 Å². The lowest BCUT2D eigenvalue weighted by Crippen LogP contribution is -2.48. The molecule has 3 rings (SSSR count). The summed E-state index contributed by atoms with van der Waals surface area (Å²) in [5, 5.41) is 3.80. The van der Waals surface area contributed by atoms with Gasteiger partial charge in [-0.3, -0.25) is 9.59 Å². The van der Waals surface area contributed by atoms with Crippen molar-refractivity contribution in [3.05, 3.63) is 46.2 Å². The Morgan fingerprint density at radius 3 is 2.44 bits per heavy atom. The van der Waals surface area contributed by atoms with Crippen LogP contribution in [-0.2, 0) is 4.79 Å². The molecule has 1 aromatic carbocycles. The Bertz CT molecular complexity index is 774. The largest absolute Gasteiger partial charge is 0.342 e. The minimum atomic E-state index is -0.207. The second-order valence-electron chi connectivity index (χ2n) is 5.42. The van der Waals surface area contributed by atoms with Gasteiger partial charge in [0, 0.05) is 32.4 Å². The van der Waals surface area contributed by atoms with E-state index in [1.807, 2.05) is 0 Å². The van der Waals surface area contributed by atoms with Gasteiger partial charge in [-0.1, -0.05) is 29.3 Å². The molecule has 1 N–H and O–H groups in total. The number of carbonyl (C=O) groups is 2. The molecule has 2 heterocycles. The van der Waals surface area contributed by atoms with E-state index in [0.29, 0.717) is 41.9 Å². The van der Waals surface area contributed by atoms with Crippen LogP contribution in [0.25, 0.3) is 0 Å². The second kappa shape index (κ2) is 7.67. The number of para-hydroxylation sites is 1. The number of benzene rings is 1. The van der Waals surface area contributed by atoms with Gasteiger partial charge in [-0.05, 0) is 18.2 Å². The van der Waals surface area contributed by atoms with Crippen molar-refractivity contribution in [3.63, 3.8) is 0 Å². The summed E-state index contributed by atoms with van der Waals surface area (Å²) in [6.07, 6.45) is 2.29. The van der Waals surface area contributed by atoms with Gasteiger partial charge >= 0.3 is 0 Å². The van der Waals surface area contributed by atoms with Gasteiger partial charge in [-0.15, -0.1) is 0 Å². The number of piperazine rings is 1. The maximum Gasteiger partial charge on any atom is 0.272 e. The molecule has 2 amide bonds. The van der Waals surface area contributed by atoms with Gasteiger partial charge < -0.3 is 15.1 Å². The van der Waals surface area contributed by atoms with Crippen LogP contribution >= 0.6 is 23.2 Å². The first kappa shape index (κ1) is 17.4. The molecule has 1 fully saturated rings. The Morgan fingerprint density at radius 1 is 1.12 bits per heavy atom. The van der Waals surface area contributed by atoms with E-state index in [1.165, 1.54) is 6.20 Å². The Labute approximate surface area is 154 Å². The average molecular weight is 380 g/mol. The third-order valence-corrected chi connectivity index (χ3v) is 4.45. The third kappa shape index (κ3) is 4.00. The van der Waals surface area contributed by atoms with E-state index in [4.69, 9.17) is 23.2 Å². The number of carbonyl (C=O) groups excluding carboxylic acids is 2. The zero-order valence-corrected chi connectivity index (χ0v) is 14.7. The smallest absolute Gasteiger partial charge is 0.272 e. The molecule has 2 aromatic rings. The molecule has 7 nitrogen and oxygen atoms in total. The summed E-state index contributed by atoms with van der Waals surface area (Å²) in [7, 11) is 0. The van der Waals surface area contributed by atoms with E-state index in [2.05, 4.69) is 15.3 Å². The van der Waals surface area contributed by atoms with Gasteiger partial charge in [0.1, 0.15) is 5.69 Å². The number of hydrogen-bond acceptors (Lipinski definition) is 5. The number of aromatic nitrogens is 2. The molecular weight excluding hydrogens is 365 g/mol. The highest BCUT2D eigenvalue weighted by atomic mass is 35.5. The summed E-state index contributed by atoms with van der Waals surface area (Å²) in [4.78, 5) is 35.0. The predicted molar refractivity (Wildman–Crippen MR) is 95.3 cm³/mol. The molecule has 0 spiro atoms. The standard InChI is InChI=1S/C16H15Cl2N5O2/c17-11-2-1-3-12(18)14(11)21-16-19-5-4-13(20-16)15(25)23-8-6-22(10-24)7-9-23/h1-5,10H,6-9H2,(H,19,20,21). The minimum Gasteiger partial charge on any atom is -0.342 e. The Morgan fingerprint density at radius 2 is 1.80 bits per heavy atom. The van der Waals surface area contributed by atoms with Crippen molar-refractivity contribution in [2.24, 2.45) is 0 Å². The van der Waals surface area contributed by atoms with Crippen molar-refractivity contribution in [2.45, 2.75) is 0 Å². The maximum atomic E-state index is 12.6. The van der Waals surface area contributed by atoms with Gasteiger partial charge in [0.25, 0.3) is 5.91 Å². The number of halogens is 2. The zero-order valence-electron chi connectivity index (χ0n) is 13.2. The lowest BCUT2D eigenvalue weighted by molar-refractivity contribution is -0.119. The topological polar surface area (TPSA) is 78.4 Å². The molecule has 0 atom stereocenters. The lowest BCUT2D eigenvalue weighted by atomic mass is 10.3. The Kier molecular flexibility index (Phi) is 5.35. The van der Waals surface area contributed by atoms with E-state index in [-0.39, 0.29) is 17.5 Å². The molecule has 1 saturated heterocycles. The summed E-state index contributed by atoms with van der Waals surface area (Å²) in [6, 6.07) is 6.66. The number of nitrogens with zero attached hydrogens (tertiary/aromatic N) is 4. The van der Waals surface area contributed by atoms with Crippen molar-refractivity contribution < 1.29 is 9.59 Å². The second-order valence-corrected chi connectivity index (χ2v) is 6.24. The molecule has 0 saturated carbocycles. The lowest BCUT2D eigenvalue weighted by Gasteiger charge is -2.32. The van der Waals surface area contributed by atoms with Gasteiger partial charge in [-0.2, -0.15) is 0 Å². The summed E-state index contributed by atoms with van der Waals surface area (Å²) >= 11 is 12.2. The quantitative estimate of drug-likeness (QED) is 0.825. The SMILES string of the molecule is O=CN1CCN(C(=O)c2ccnc(Nc3c(Cl)cccc3Cl)n2)CC1. The number of rotatable bonds is 4. The highest BCUT2D eigenvalue weighted by Crippen LogP contribution is 2.31. The van der Waals surface area contributed by atoms with E-state index >= 15 is 0 Å². The fourth-order valence-electron chi connectivity index (χ4n) is 2.46. The van der Waals surface area contributed by atoms with Crippen LogP contribution in [0.4, 0.5) is 11.6 Å². The van der Waals surface area contributed by atoms with Crippen LogP contribution in [0.2, 0.25) is 10.0 Å². The van der Waals surface area contributed by atoms with E-state index in [9.17, 15) is 9.59 Å². The number of anilines is 2. The monoisotopic (exact) mass is 379 g/mol. The molecule has 1 aliphatic heterocycles. The van der Waals surface area contributed by atoms with Crippen molar-refractivity contribution in [1.82, 2.24) is 19.8 Å². The Hall–Kier alpha value is -2.38. The summed E-state index contributed by atoms with van der Waals surface area (Å²) in [6.45, 7) is 1.97. The van der Waals surface area contributed by atoms with Crippen LogP contribution in [0.3, 0.4) is 0 Å². The molecule has 130 valence electrons. The van der Waals surface area contributed by atoms with Crippen molar-refractivity contribution in [2.75, 3.05) is 31.5 Å². The average Bonchev–Trinajstić information content (AvgIpc) is 2.64. The normalized spacial score (nSPS) is 14.3. The fourth-order valence-corrected chi connectivity index (χ4v) is 2.95. The molecular formula is C16H15Cl2N5O2. The molecule has 0 bridgehead atoms. The third-order valence-electron chi connectivity index (χ3n) is 3.82. The molecule has 1 aliphatic rings. The van der Waals surface area contributed by atoms with Gasteiger partial charge in [0.15, 0.2) is 0 Å². The van der Waals surface area contributed by atoms with Gasteiger partial charge in [-0.25, -0.2) is 9.97 Å². The molecule has 0 unspecified atom stereocenters. The summed E-state index contributed by atoms with van der Waals surface area (Å²) < 4.78 is 0. The van der Waals surface area contributed by atoms with E-state index in [1.54, 1.807) is 34.1 Å². The molecule has 0 aliphatic carbocycles. The van der Waals surface area contributed by atoms with E-state index in [0.717, 1.165) is 6.41 Å². The number of hydrogen-bond donors (Lipinski definition) is 1. The van der Waals surface area contributed by atoms with Crippen LogP contribution in [0, 0.1) is 0 Å². The first-order chi connectivity index (χ1) is 12.1. The highest BCUT2D eigenvalue weighted by Gasteiger charge is 2.22. The van der Waals surface area contributed by atoms with Crippen LogP contribution in [-0.4, -0.2) is 58.3 Å². The molecule has 25 heavy (non-hydrogen) atoms. The molecule has 0 radical (unpaired) electrons.